The summed E-state index contributed by atoms with van der Waals surface area (Å²) in [6.45, 7) is 2.98. The van der Waals surface area contributed by atoms with Crippen molar-refractivity contribution >= 4 is 0 Å². The second kappa shape index (κ2) is 7.65. The van der Waals surface area contributed by atoms with Crippen LogP contribution >= 0.6 is 0 Å². The average Bonchev–Trinajstić information content (AvgIpc) is 3.10. The van der Waals surface area contributed by atoms with Gasteiger partial charge in [0.1, 0.15) is 5.75 Å². The van der Waals surface area contributed by atoms with Gasteiger partial charge >= 0.3 is 0 Å². The van der Waals surface area contributed by atoms with E-state index in [4.69, 9.17) is 10.5 Å². The normalized spacial score (nSPS) is 27.4. The molecule has 27 heavy (non-hydrogen) atoms. The van der Waals surface area contributed by atoms with E-state index in [9.17, 15) is 5.11 Å². The Kier molecular flexibility index (Phi) is 5.25. The highest BCUT2D eigenvalue weighted by Crippen LogP contribution is 2.40. The zero-order valence-corrected chi connectivity index (χ0v) is 16.3. The van der Waals surface area contributed by atoms with Crippen molar-refractivity contribution in [2.45, 2.75) is 56.9 Å². The predicted octanol–water partition coefficient (Wildman–Crippen LogP) is 4.14. The number of ether oxygens (including phenoxy) is 1. The number of aryl methyl sites for hydroxylation is 2. The minimum absolute atomic E-state index is 0.0943. The van der Waals surface area contributed by atoms with Crippen LogP contribution in [0.4, 0.5) is 0 Å². The Morgan fingerprint density at radius 3 is 2.67 bits per heavy atom. The van der Waals surface area contributed by atoms with Crippen molar-refractivity contribution in [2.75, 3.05) is 13.2 Å². The second-order valence-corrected chi connectivity index (χ2v) is 8.72. The summed E-state index contributed by atoms with van der Waals surface area (Å²) in [6.07, 6.45) is 6.32. The first-order valence-corrected chi connectivity index (χ1v) is 10.3. The number of rotatable bonds is 5. The summed E-state index contributed by atoms with van der Waals surface area (Å²) in [4.78, 5) is 0. The number of aliphatic hydroxyl groups is 1. The van der Waals surface area contributed by atoms with E-state index in [1.165, 1.54) is 28.7 Å². The molecule has 1 unspecified atom stereocenters. The van der Waals surface area contributed by atoms with Gasteiger partial charge in [0.2, 0.25) is 0 Å². The van der Waals surface area contributed by atoms with Crippen LogP contribution in [0.15, 0.2) is 42.5 Å². The van der Waals surface area contributed by atoms with Gasteiger partial charge in [-0.15, -0.1) is 0 Å². The molecule has 0 amide bonds. The maximum absolute atomic E-state index is 9.52. The highest BCUT2D eigenvalue weighted by Gasteiger charge is 2.36. The first kappa shape index (κ1) is 18.5. The lowest BCUT2D eigenvalue weighted by atomic mass is 9.82. The van der Waals surface area contributed by atoms with E-state index in [0.29, 0.717) is 11.8 Å². The van der Waals surface area contributed by atoms with Gasteiger partial charge in [-0.2, -0.15) is 0 Å². The van der Waals surface area contributed by atoms with Crippen LogP contribution in [0.2, 0.25) is 0 Å². The smallest absolute Gasteiger partial charge is 0.119 e. The predicted molar refractivity (Wildman–Crippen MR) is 109 cm³/mol. The van der Waals surface area contributed by atoms with Gasteiger partial charge in [-0.3, -0.25) is 0 Å². The number of benzene rings is 2. The van der Waals surface area contributed by atoms with E-state index in [0.717, 1.165) is 44.5 Å². The lowest BCUT2D eigenvalue weighted by molar-refractivity contribution is 0.198. The zero-order valence-electron chi connectivity index (χ0n) is 16.3. The first-order chi connectivity index (χ1) is 13.0. The molecule has 3 N–H and O–H groups in total. The van der Waals surface area contributed by atoms with E-state index in [1.54, 1.807) is 0 Å². The molecule has 1 fully saturated rings. The topological polar surface area (TPSA) is 55.5 Å². The standard InChI is InChI=1S/C24H31NO2/c1-17-2-8-23(9-3-17)27-15-18-4-5-20-13-21(7-6-19(20)12-18)22-10-11-24(25,14-22)16-26/h2-3,6-9,13,18,22,26H,4-5,10-12,14-16,25H2,1H3/t18?,22-,24+/m0/s1. The Balaban J connectivity index is 1.37. The third-order valence-corrected chi connectivity index (χ3v) is 6.50. The fourth-order valence-electron chi connectivity index (χ4n) is 4.68. The van der Waals surface area contributed by atoms with Gasteiger partial charge in [-0.05, 0) is 86.1 Å². The maximum atomic E-state index is 9.52. The Morgan fingerprint density at radius 2 is 1.93 bits per heavy atom. The summed E-state index contributed by atoms with van der Waals surface area (Å²) >= 11 is 0. The van der Waals surface area contributed by atoms with Crippen molar-refractivity contribution in [3.05, 3.63) is 64.7 Å². The molecule has 0 saturated heterocycles. The van der Waals surface area contributed by atoms with Gasteiger partial charge in [0.05, 0.1) is 13.2 Å². The number of hydrogen-bond acceptors (Lipinski definition) is 3. The monoisotopic (exact) mass is 365 g/mol. The molecule has 2 aromatic carbocycles. The molecular formula is C24H31NO2. The van der Waals surface area contributed by atoms with E-state index >= 15 is 0 Å². The molecule has 3 heteroatoms. The lowest BCUT2D eigenvalue weighted by Gasteiger charge is -2.26. The summed E-state index contributed by atoms with van der Waals surface area (Å²) in [6, 6.07) is 15.3. The molecule has 0 spiro atoms. The lowest BCUT2D eigenvalue weighted by Crippen LogP contribution is -2.40. The fourth-order valence-corrected chi connectivity index (χ4v) is 4.68. The molecule has 0 heterocycles. The summed E-state index contributed by atoms with van der Waals surface area (Å²) in [5.41, 5.74) is 11.5. The Labute approximate surface area is 162 Å². The highest BCUT2D eigenvalue weighted by atomic mass is 16.5. The summed E-state index contributed by atoms with van der Waals surface area (Å²) < 4.78 is 6.02. The maximum Gasteiger partial charge on any atom is 0.119 e. The molecule has 1 saturated carbocycles. The Morgan fingerprint density at radius 1 is 1.11 bits per heavy atom. The van der Waals surface area contributed by atoms with Crippen LogP contribution < -0.4 is 10.5 Å². The van der Waals surface area contributed by atoms with E-state index in [2.05, 4.69) is 49.4 Å². The van der Waals surface area contributed by atoms with Crippen molar-refractivity contribution in [1.29, 1.82) is 0 Å². The number of nitrogens with two attached hydrogens (primary N) is 1. The van der Waals surface area contributed by atoms with Crippen LogP contribution in [0.1, 0.15) is 53.9 Å². The molecule has 2 aliphatic carbocycles. The van der Waals surface area contributed by atoms with Crippen LogP contribution in [0.3, 0.4) is 0 Å². The van der Waals surface area contributed by atoms with Gasteiger partial charge in [-0.1, -0.05) is 35.9 Å². The van der Waals surface area contributed by atoms with Crippen molar-refractivity contribution in [2.24, 2.45) is 11.7 Å². The van der Waals surface area contributed by atoms with E-state index in [-0.39, 0.29) is 12.1 Å². The number of fused-ring (bicyclic) bond motifs is 1. The fraction of sp³-hybridized carbons (Fsp3) is 0.500. The molecule has 3 nitrogen and oxygen atoms in total. The molecule has 0 aromatic heterocycles. The van der Waals surface area contributed by atoms with Gasteiger partial charge < -0.3 is 15.6 Å². The SMILES string of the molecule is Cc1ccc(OCC2CCc3cc([C@H]4CC[C@](N)(CO)C4)ccc3C2)cc1. The molecule has 0 bridgehead atoms. The highest BCUT2D eigenvalue weighted by molar-refractivity contribution is 5.36. The van der Waals surface area contributed by atoms with Gasteiger partial charge in [-0.25, -0.2) is 0 Å². The van der Waals surface area contributed by atoms with Crippen molar-refractivity contribution < 1.29 is 9.84 Å². The Hall–Kier alpha value is -1.84. The van der Waals surface area contributed by atoms with Gasteiger partial charge in [0, 0.05) is 5.54 Å². The summed E-state index contributed by atoms with van der Waals surface area (Å²) in [7, 11) is 0. The molecule has 144 valence electrons. The van der Waals surface area contributed by atoms with Crippen molar-refractivity contribution in [3.8, 4) is 5.75 Å². The zero-order chi connectivity index (χ0) is 18.9. The van der Waals surface area contributed by atoms with Gasteiger partial charge in [0.15, 0.2) is 0 Å². The summed E-state index contributed by atoms with van der Waals surface area (Å²) in [5.74, 6) is 2.05. The minimum Gasteiger partial charge on any atom is -0.493 e. The molecule has 4 rings (SSSR count). The quantitative estimate of drug-likeness (QED) is 0.837. The van der Waals surface area contributed by atoms with Crippen LogP contribution in [0, 0.1) is 12.8 Å². The average molecular weight is 366 g/mol. The van der Waals surface area contributed by atoms with Crippen molar-refractivity contribution in [3.63, 3.8) is 0 Å². The molecule has 0 aliphatic heterocycles. The molecule has 3 atom stereocenters. The second-order valence-electron chi connectivity index (χ2n) is 8.72. The summed E-state index contributed by atoms with van der Waals surface area (Å²) in [5, 5.41) is 9.52. The molecule has 2 aromatic rings. The molecule has 2 aliphatic rings. The van der Waals surface area contributed by atoms with Crippen LogP contribution in [0.25, 0.3) is 0 Å². The minimum atomic E-state index is -0.376. The largest absolute Gasteiger partial charge is 0.493 e. The molecular weight excluding hydrogens is 334 g/mol. The Bertz CT molecular complexity index is 785. The van der Waals surface area contributed by atoms with Crippen LogP contribution in [-0.2, 0) is 12.8 Å². The first-order valence-electron chi connectivity index (χ1n) is 10.3. The van der Waals surface area contributed by atoms with Crippen LogP contribution in [-0.4, -0.2) is 23.9 Å². The number of hydrogen-bond donors (Lipinski definition) is 2. The van der Waals surface area contributed by atoms with E-state index < -0.39 is 0 Å². The van der Waals surface area contributed by atoms with Crippen molar-refractivity contribution in [1.82, 2.24) is 0 Å². The third-order valence-electron chi connectivity index (χ3n) is 6.50. The van der Waals surface area contributed by atoms with E-state index in [1.807, 2.05) is 0 Å². The third kappa shape index (κ3) is 4.20. The molecule has 0 radical (unpaired) electrons. The van der Waals surface area contributed by atoms with Gasteiger partial charge in [0.25, 0.3) is 0 Å². The van der Waals surface area contributed by atoms with Crippen LogP contribution in [0.5, 0.6) is 5.75 Å². The number of aliphatic hydroxyl groups excluding tert-OH is 1.